The Balaban J connectivity index is 2.35. The van der Waals surface area contributed by atoms with E-state index in [0.29, 0.717) is 11.3 Å². The second-order valence-electron chi connectivity index (χ2n) is 5.56. The molecular formula is C15H22. The molecule has 0 amide bonds. The molecule has 0 heterocycles. The van der Waals surface area contributed by atoms with Crippen LogP contribution in [-0.4, -0.2) is 0 Å². The van der Waals surface area contributed by atoms with E-state index in [1.165, 1.54) is 24.8 Å². The largest absolute Gasteiger partial charge is 0.0808 e. The van der Waals surface area contributed by atoms with Crippen molar-refractivity contribution in [1.82, 2.24) is 0 Å². The Morgan fingerprint density at radius 3 is 2.73 bits per heavy atom. The summed E-state index contributed by atoms with van der Waals surface area (Å²) >= 11 is 0. The summed E-state index contributed by atoms with van der Waals surface area (Å²) in [6, 6.07) is 0. The van der Waals surface area contributed by atoms with Crippen molar-refractivity contribution in [2.24, 2.45) is 11.3 Å². The van der Waals surface area contributed by atoms with Gasteiger partial charge in [0.1, 0.15) is 0 Å². The van der Waals surface area contributed by atoms with Crippen LogP contribution in [-0.2, 0) is 0 Å². The van der Waals surface area contributed by atoms with Crippen LogP contribution in [0.15, 0.2) is 34.9 Å². The second-order valence-corrected chi connectivity index (χ2v) is 5.56. The Kier molecular flexibility index (Phi) is 2.62. The molecule has 0 bridgehead atoms. The van der Waals surface area contributed by atoms with Crippen LogP contribution in [0.4, 0.5) is 0 Å². The van der Waals surface area contributed by atoms with Crippen LogP contribution >= 0.6 is 0 Å². The van der Waals surface area contributed by atoms with Gasteiger partial charge in [-0.1, -0.05) is 48.8 Å². The number of fused-ring (bicyclic) bond motifs is 1. The zero-order chi connectivity index (χ0) is 11.1. The van der Waals surface area contributed by atoms with Crippen molar-refractivity contribution in [1.29, 1.82) is 0 Å². The molecule has 0 aromatic heterocycles. The Morgan fingerprint density at radius 1 is 1.33 bits per heavy atom. The Hall–Kier alpha value is -0.780. The van der Waals surface area contributed by atoms with Crippen LogP contribution < -0.4 is 0 Å². The molecule has 0 aliphatic heterocycles. The normalized spacial score (nSPS) is 34.8. The van der Waals surface area contributed by atoms with E-state index < -0.39 is 0 Å². The maximum Gasteiger partial charge on any atom is -0.00158 e. The molecule has 2 aliphatic carbocycles. The summed E-state index contributed by atoms with van der Waals surface area (Å²) in [7, 11) is 0. The minimum Gasteiger partial charge on any atom is -0.0808 e. The molecule has 1 saturated carbocycles. The molecular weight excluding hydrogens is 180 g/mol. The average molecular weight is 202 g/mol. The van der Waals surface area contributed by atoms with Gasteiger partial charge in [-0.2, -0.15) is 0 Å². The zero-order valence-electron chi connectivity index (χ0n) is 10.4. The molecule has 0 heteroatoms. The first-order valence-electron chi connectivity index (χ1n) is 6.07. The van der Waals surface area contributed by atoms with Gasteiger partial charge in [-0.25, -0.2) is 0 Å². The fourth-order valence-corrected chi connectivity index (χ4v) is 2.92. The summed E-state index contributed by atoms with van der Waals surface area (Å²) in [5, 5.41) is 0. The zero-order valence-corrected chi connectivity index (χ0v) is 10.4. The van der Waals surface area contributed by atoms with E-state index >= 15 is 0 Å². The van der Waals surface area contributed by atoms with Gasteiger partial charge in [0, 0.05) is 0 Å². The SMILES string of the molecule is CC(C)=C1CCC2=CC=C[C@H](C)[C@@]2(C)C1. The van der Waals surface area contributed by atoms with Gasteiger partial charge >= 0.3 is 0 Å². The first kappa shape index (κ1) is 10.7. The van der Waals surface area contributed by atoms with Gasteiger partial charge in [-0.3, -0.25) is 0 Å². The third kappa shape index (κ3) is 1.71. The Labute approximate surface area is 93.8 Å². The van der Waals surface area contributed by atoms with Gasteiger partial charge < -0.3 is 0 Å². The summed E-state index contributed by atoms with van der Waals surface area (Å²) in [4.78, 5) is 0. The van der Waals surface area contributed by atoms with Crippen molar-refractivity contribution in [3.8, 4) is 0 Å². The van der Waals surface area contributed by atoms with Crippen molar-refractivity contribution in [2.75, 3.05) is 0 Å². The average Bonchev–Trinajstić information content (AvgIpc) is 2.19. The summed E-state index contributed by atoms with van der Waals surface area (Å²) in [6.45, 7) is 9.32. The molecule has 0 N–H and O–H groups in total. The molecule has 82 valence electrons. The predicted molar refractivity (Wildman–Crippen MR) is 66.7 cm³/mol. The highest BCUT2D eigenvalue weighted by Gasteiger charge is 2.38. The molecule has 15 heavy (non-hydrogen) atoms. The topological polar surface area (TPSA) is 0 Å². The summed E-state index contributed by atoms with van der Waals surface area (Å²) in [5.74, 6) is 0.687. The van der Waals surface area contributed by atoms with Crippen molar-refractivity contribution >= 4 is 0 Å². The molecule has 2 rings (SSSR count). The summed E-state index contributed by atoms with van der Waals surface area (Å²) < 4.78 is 0. The van der Waals surface area contributed by atoms with Gasteiger partial charge in [-0.05, 0) is 44.4 Å². The minimum atomic E-state index is 0.402. The third-order valence-corrected chi connectivity index (χ3v) is 4.42. The number of rotatable bonds is 0. The van der Waals surface area contributed by atoms with E-state index in [9.17, 15) is 0 Å². The monoisotopic (exact) mass is 202 g/mol. The quantitative estimate of drug-likeness (QED) is 0.502. The van der Waals surface area contributed by atoms with Gasteiger partial charge in [0.15, 0.2) is 0 Å². The van der Waals surface area contributed by atoms with Crippen LogP contribution in [0.5, 0.6) is 0 Å². The predicted octanol–water partition coefficient (Wildman–Crippen LogP) is 4.65. The molecule has 0 saturated heterocycles. The highest BCUT2D eigenvalue weighted by atomic mass is 14.4. The van der Waals surface area contributed by atoms with Crippen LogP contribution in [0.25, 0.3) is 0 Å². The maximum absolute atomic E-state index is 2.44. The fourth-order valence-electron chi connectivity index (χ4n) is 2.92. The number of hydrogen-bond acceptors (Lipinski definition) is 0. The van der Waals surface area contributed by atoms with E-state index in [1.807, 2.05) is 0 Å². The second kappa shape index (κ2) is 3.66. The molecule has 0 aromatic carbocycles. The minimum absolute atomic E-state index is 0.402. The van der Waals surface area contributed by atoms with E-state index in [4.69, 9.17) is 0 Å². The van der Waals surface area contributed by atoms with E-state index in [0.717, 1.165) is 0 Å². The maximum atomic E-state index is 2.44. The third-order valence-electron chi connectivity index (χ3n) is 4.42. The van der Waals surface area contributed by atoms with Crippen molar-refractivity contribution < 1.29 is 0 Å². The molecule has 2 aliphatic rings. The van der Waals surface area contributed by atoms with Crippen molar-refractivity contribution in [3.05, 3.63) is 34.9 Å². The van der Waals surface area contributed by atoms with Crippen LogP contribution in [0.3, 0.4) is 0 Å². The number of hydrogen-bond donors (Lipinski definition) is 0. The Morgan fingerprint density at radius 2 is 2.07 bits per heavy atom. The van der Waals surface area contributed by atoms with E-state index in [-0.39, 0.29) is 0 Å². The first-order valence-corrected chi connectivity index (χ1v) is 6.07. The molecule has 0 radical (unpaired) electrons. The van der Waals surface area contributed by atoms with Crippen molar-refractivity contribution in [2.45, 2.75) is 47.0 Å². The molecule has 1 fully saturated rings. The Bertz CT molecular complexity index is 350. The summed E-state index contributed by atoms with van der Waals surface area (Å²) in [5.41, 5.74) is 5.30. The van der Waals surface area contributed by atoms with Crippen molar-refractivity contribution in [3.63, 3.8) is 0 Å². The lowest BCUT2D eigenvalue weighted by atomic mass is 9.61. The van der Waals surface area contributed by atoms with Gasteiger partial charge in [0.25, 0.3) is 0 Å². The summed E-state index contributed by atoms with van der Waals surface area (Å²) in [6.07, 6.45) is 10.8. The van der Waals surface area contributed by atoms with Gasteiger partial charge in [0.05, 0.1) is 0 Å². The van der Waals surface area contributed by atoms with Crippen LogP contribution in [0.2, 0.25) is 0 Å². The lowest BCUT2D eigenvalue weighted by Gasteiger charge is -2.43. The number of allylic oxidation sites excluding steroid dienone is 6. The molecule has 2 atom stereocenters. The molecule has 0 nitrogen and oxygen atoms in total. The molecule has 0 spiro atoms. The highest BCUT2D eigenvalue weighted by Crippen LogP contribution is 2.50. The fraction of sp³-hybridized carbons (Fsp3) is 0.600. The molecule has 0 unspecified atom stereocenters. The molecule has 0 aromatic rings. The van der Waals surface area contributed by atoms with Gasteiger partial charge in [-0.15, -0.1) is 0 Å². The smallest absolute Gasteiger partial charge is 0.00158 e. The van der Waals surface area contributed by atoms with Crippen LogP contribution in [0.1, 0.15) is 47.0 Å². The van der Waals surface area contributed by atoms with Crippen LogP contribution in [0, 0.1) is 11.3 Å². The van der Waals surface area contributed by atoms with E-state index in [2.05, 4.69) is 45.9 Å². The van der Waals surface area contributed by atoms with E-state index in [1.54, 1.807) is 11.1 Å². The van der Waals surface area contributed by atoms with Gasteiger partial charge in [0.2, 0.25) is 0 Å². The highest BCUT2D eigenvalue weighted by molar-refractivity contribution is 5.34. The first-order chi connectivity index (χ1) is 7.04. The lowest BCUT2D eigenvalue weighted by Crippen LogP contribution is -2.32. The lowest BCUT2D eigenvalue weighted by molar-refractivity contribution is 0.267. The standard InChI is InChI=1S/C15H22/c1-11(2)13-8-9-14-7-5-6-12(3)15(14,4)10-13/h5-7,12H,8-10H2,1-4H3/t12-,15+/m0/s1.